The summed E-state index contributed by atoms with van der Waals surface area (Å²) in [5.74, 6) is 1.29. The molecule has 2 aromatic heterocycles. The maximum absolute atomic E-state index is 17.0. The highest BCUT2D eigenvalue weighted by molar-refractivity contribution is 6.04. The molecule has 2 aromatic carbocycles. The van der Waals surface area contributed by atoms with E-state index in [1.54, 1.807) is 0 Å². The van der Waals surface area contributed by atoms with Gasteiger partial charge in [0, 0.05) is 30.5 Å². The lowest BCUT2D eigenvalue weighted by Crippen LogP contribution is -2.44. The van der Waals surface area contributed by atoms with Gasteiger partial charge in [-0.2, -0.15) is 9.97 Å². The van der Waals surface area contributed by atoms with Gasteiger partial charge in [-0.1, -0.05) is 12.0 Å². The first-order chi connectivity index (χ1) is 22.3. The van der Waals surface area contributed by atoms with E-state index in [2.05, 4.69) is 20.8 Å². The molecule has 4 aromatic rings. The van der Waals surface area contributed by atoms with Crippen LogP contribution in [0.2, 0.25) is 0 Å². The molecule has 238 valence electrons. The molecule has 3 aliphatic heterocycles. The van der Waals surface area contributed by atoms with Gasteiger partial charge in [0.1, 0.15) is 53.4 Å². The predicted octanol–water partition coefficient (Wildman–Crippen LogP) is 4.74. The van der Waals surface area contributed by atoms with Gasteiger partial charge in [0.15, 0.2) is 5.82 Å². The molecule has 0 radical (unpaired) electrons. The van der Waals surface area contributed by atoms with Crippen molar-refractivity contribution < 1.29 is 32.9 Å². The number of terminal acetylenes is 1. The number of rotatable bonds is 7. The Morgan fingerprint density at radius 2 is 2.00 bits per heavy atom. The summed E-state index contributed by atoms with van der Waals surface area (Å²) in [6.45, 7) is 1.50. The molecule has 46 heavy (non-hydrogen) atoms. The van der Waals surface area contributed by atoms with Gasteiger partial charge in [-0.25, -0.2) is 18.2 Å². The molecule has 9 nitrogen and oxygen atoms in total. The second kappa shape index (κ2) is 10.9. The minimum atomic E-state index is -0.953. The molecule has 0 spiro atoms. The third-order valence-corrected chi connectivity index (χ3v) is 9.96. The molecule has 0 bridgehead atoms. The average molecular weight is 632 g/mol. The summed E-state index contributed by atoms with van der Waals surface area (Å²) < 4.78 is 58.8. The first-order valence-electron chi connectivity index (χ1n) is 15.7. The Labute approximate surface area is 263 Å². The van der Waals surface area contributed by atoms with Crippen LogP contribution in [0.25, 0.3) is 32.9 Å². The summed E-state index contributed by atoms with van der Waals surface area (Å²) in [6.07, 6.45) is 8.72. The molecular formula is C34H32F3N5O4. The van der Waals surface area contributed by atoms with Crippen LogP contribution < -0.4 is 14.4 Å². The number of phenols is 1. The number of nitrogens with zero attached hydrogens (tertiary/aromatic N) is 5. The number of alkyl halides is 1. The zero-order valence-corrected chi connectivity index (χ0v) is 25.0. The van der Waals surface area contributed by atoms with Gasteiger partial charge < -0.3 is 24.6 Å². The fourth-order valence-electron chi connectivity index (χ4n) is 7.72. The summed E-state index contributed by atoms with van der Waals surface area (Å²) in [6, 6.07) is 5.08. The van der Waals surface area contributed by atoms with Crippen LogP contribution in [-0.4, -0.2) is 87.3 Å². The summed E-state index contributed by atoms with van der Waals surface area (Å²) >= 11 is 0. The van der Waals surface area contributed by atoms with Crippen LogP contribution in [0.1, 0.15) is 37.7 Å². The van der Waals surface area contributed by atoms with E-state index in [1.165, 1.54) is 24.3 Å². The minimum Gasteiger partial charge on any atom is -0.508 e. The van der Waals surface area contributed by atoms with Crippen LogP contribution in [0.4, 0.5) is 19.0 Å². The molecule has 1 saturated carbocycles. The number of aromatic nitrogens is 3. The van der Waals surface area contributed by atoms with E-state index in [0.29, 0.717) is 24.2 Å². The van der Waals surface area contributed by atoms with Gasteiger partial charge in [0.25, 0.3) is 0 Å². The summed E-state index contributed by atoms with van der Waals surface area (Å²) in [4.78, 5) is 17.9. The van der Waals surface area contributed by atoms with Gasteiger partial charge in [-0.3, -0.25) is 4.90 Å². The van der Waals surface area contributed by atoms with Crippen LogP contribution in [0.3, 0.4) is 0 Å². The number of hydrogen-bond donors (Lipinski definition) is 2. The number of ether oxygens (including phenoxy) is 2. The first kappa shape index (κ1) is 29.1. The van der Waals surface area contributed by atoms with E-state index in [9.17, 15) is 19.0 Å². The molecule has 0 amide bonds. The Morgan fingerprint density at radius 1 is 1.15 bits per heavy atom. The topological polar surface area (TPSA) is 104 Å². The van der Waals surface area contributed by atoms with E-state index < -0.39 is 23.3 Å². The lowest BCUT2D eigenvalue weighted by molar-refractivity contribution is 0.107. The lowest BCUT2D eigenvalue weighted by atomic mass is 9.95. The Kier molecular flexibility index (Phi) is 6.88. The van der Waals surface area contributed by atoms with E-state index >= 15 is 4.39 Å². The fraction of sp³-hybridized carbons (Fsp3) is 0.441. The number of pyridine rings is 1. The fourth-order valence-corrected chi connectivity index (χ4v) is 7.72. The number of aliphatic hydroxyl groups excluding tert-OH is 1. The minimum absolute atomic E-state index is 0.0609. The smallest absolute Gasteiger partial charge is 0.319 e. The second-order valence-electron chi connectivity index (χ2n) is 12.8. The zero-order chi connectivity index (χ0) is 31.7. The van der Waals surface area contributed by atoms with Crippen LogP contribution in [0, 0.1) is 29.9 Å². The molecule has 3 atom stereocenters. The molecule has 2 saturated heterocycles. The molecule has 8 rings (SSSR count). The Hall–Kier alpha value is -4.34. The lowest BCUT2D eigenvalue weighted by Gasteiger charge is -2.32. The van der Waals surface area contributed by atoms with Crippen molar-refractivity contribution in [2.45, 2.75) is 49.9 Å². The second-order valence-corrected chi connectivity index (χ2v) is 12.8. The molecule has 5 heterocycles. The zero-order valence-electron chi connectivity index (χ0n) is 25.0. The number of hydrogen-bond acceptors (Lipinski definition) is 9. The predicted molar refractivity (Wildman–Crippen MR) is 165 cm³/mol. The maximum atomic E-state index is 17.0. The number of aliphatic hydroxyl groups is 1. The Balaban J connectivity index is 1.34. The Bertz CT molecular complexity index is 1930. The highest BCUT2D eigenvalue weighted by Crippen LogP contribution is 2.46. The van der Waals surface area contributed by atoms with Gasteiger partial charge in [0.2, 0.25) is 5.88 Å². The maximum Gasteiger partial charge on any atom is 0.319 e. The summed E-state index contributed by atoms with van der Waals surface area (Å²) in [7, 11) is 0. The molecule has 2 N–H and O–H groups in total. The van der Waals surface area contributed by atoms with E-state index in [-0.39, 0.29) is 89.1 Å². The number of β-amino-alcohol motifs (C(OH)–C–C–N with tert-alkyl or cyclic N) is 1. The summed E-state index contributed by atoms with van der Waals surface area (Å²) in [5.41, 5.74) is -0.903. The normalized spacial score (nSPS) is 24.2. The van der Waals surface area contributed by atoms with Crippen molar-refractivity contribution in [2.75, 3.05) is 44.4 Å². The highest BCUT2D eigenvalue weighted by atomic mass is 19.1. The van der Waals surface area contributed by atoms with Crippen molar-refractivity contribution in [3.63, 3.8) is 0 Å². The van der Waals surface area contributed by atoms with Crippen molar-refractivity contribution in [1.29, 1.82) is 0 Å². The van der Waals surface area contributed by atoms with Crippen LogP contribution in [-0.2, 0) is 0 Å². The van der Waals surface area contributed by atoms with Crippen LogP contribution >= 0.6 is 0 Å². The number of benzene rings is 2. The quantitative estimate of drug-likeness (QED) is 0.280. The number of phenolic OH excluding ortho intramolecular Hbond substituents is 1. The number of anilines is 1. The number of halogens is 3. The monoisotopic (exact) mass is 631 g/mol. The van der Waals surface area contributed by atoms with Gasteiger partial charge in [0.05, 0.1) is 23.8 Å². The summed E-state index contributed by atoms with van der Waals surface area (Å²) in [5, 5.41) is 21.5. The van der Waals surface area contributed by atoms with E-state index in [1.807, 2.05) is 4.90 Å². The third-order valence-electron chi connectivity index (χ3n) is 9.96. The Morgan fingerprint density at radius 3 is 2.78 bits per heavy atom. The van der Waals surface area contributed by atoms with Crippen molar-refractivity contribution >= 4 is 27.5 Å². The van der Waals surface area contributed by atoms with Crippen molar-refractivity contribution in [2.24, 2.45) is 5.92 Å². The highest BCUT2D eigenvalue weighted by Gasteiger charge is 2.49. The van der Waals surface area contributed by atoms with Crippen molar-refractivity contribution in [3.8, 4) is 41.2 Å². The molecule has 4 aliphatic rings. The number of aromatic hydroxyl groups is 1. The van der Waals surface area contributed by atoms with Crippen molar-refractivity contribution in [1.82, 2.24) is 19.9 Å². The van der Waals surface area contributed by atoms with Gasteiger partial charge in [-0.15, -0.1) is 6.42 Å². The molecule has 1 aliphatic carbocycles. The average Bonchev–Trinajstić information content (AvgIpc) is 3.76. The van der Waals surface area contributed by atoms with E-state index in [4.69, 9.17) is 20.9 Å². The van der Waals surface area contributed by atoms with E-state index in [0.717, 1.165) is 32.2 Å². The molecule has 3 fully saturated rings. The van der Waals surface area contributed by atoms with Crippen molar-refractivity contribution in [3.05, 3.63) is 41.5 Å². The molecular weight excluding hydrogens is 599 g/mol. The molecule has 12 heteroatoms. The largest absolute Gasteiger partial charge is 0.508 e. The van der Waals surface area contributed by atoms with Crippen LogP contribution in [0.5, 0.6) is 17.6 Å². The standard InChI is InChI=1S/C34H32F3N5O4/c1-2-22-24(36)7-6-19-12-21(44)13-23(26(19)22)29-28(37)30-27-31(42(10-11-43)25(18-4-5-18)16-45-32(27)38-29)40-33(39-30)46-17-34-8-3-9-41(34)15-20(35)14-34/h1,6-7,12-13,18,20,25,43-44H,3-5,8-11,14-17H2/t20-,25-,34+/m1/s1. The third kappa shape index (κ3) is 4.59. The first-order valence-corrected chi connectivity index (χ1v) is 15.7. The van der Waals surface area contributed by atoms with Crippen LogP contribution in [0.15, 0.2) is 24.3 Å². The molecule has 0 unspecified atom stereocenters. The number of fused-ring (bicyclic) bond motifs is 2. The van der Waals surface area contributed by atoms with Gasteiger partial charge in [-0.05, 0) is 61.7 Å². The van der Waals surface area contributed by atoms with Gasteiger partial charge >= 0.3 is 6.01 Å². The SMILES string of the molecule is C#Cc1c(F)ccc2cc(O)cc(-c3nc4c5c(nc(OC[C@@]67CCCN6C[C@H](F)C7)nc5c3F)N(CCO)[C@@H](C3CC3)CO4)c12.